The number of aryl methyl sites for hydroxylation is 1. The molecular weight excluding hydrogens is 306 g/mol. The molecule has 0 aliphatic carbocycles. The molecule has 0 aromatic heterocycles. The van der Waals surface area contributed by atoms with Crippen molar-refractivity contribution in [3.8, 4) is 11.5 Å². The third-order valence-corrected chi connectivity index (χ3v) is 3.91. The lowest BCUT2D eigenvalue weighted by molar-refractivity contribution is 0.0874. The van der Waals surface area contributed by atoms with Gasteiger partial charge in [0.1, 0.15) is 24.2 Å². The van der Waals surface area contributed by atoms with Crippen molar-refractivity contribution in [2.24, 2.45) is 0 Å². The van der Waals surface area contributed by atoms with Crippen LogP contribution < -0.4 is 10.1 Å². The molecule has 0 saturated carbocycles. The van der Waals surface area contributed by atoms with E-state index in [9.17, 15) is 15.3 Å². The number of aromatic hydroxyl groups is 1. The Morgan fingerprint density at radius 2 is 1.71 bits per heavy atom. The molecule has 0 aliphatic heterocycles. The Bertz CT molecular complexity index is 630. The van der Waals surface area contributed by atoms with Crippen LogP contribution in [0, 0.1) is 6.92 Å². The number of para-hydroxylation sites is 1. The number of hydrogen-bond acceptors (Lipinski definition) is 5. The molecule has 0 fully saturated rings. The summed E-state index contributed by atoms with van der Waals surface area (Å²) in [5.41, 5.74) is 1.73. The molecule has 2 aromatic rings. The second-order valence-corrected chi connectivity index (χ2v) is 5.96. The van der Waals surface area contributed by atoms with E-state index in [1.54, 1.807) is 12.1 Å². The van der Waals surface area contributed by atoms with Gasteiger partial charge in [0.25, 0.3) is 0 Å². The van der Waals surface area contributed by atoms with Crippen LogP contribution in [0.1, 0.15) is 24.2 Å². The highest BCUT2D eigenvalue weighted by molar-refractivity contribution is 5.31. The lowest BCUT2D eigenvalue weighted by Gasteiger charge is -2.22. The first-order valence-electron chi connectivity index (χ1n) is 8.04. The third-order valence-electron chi connectivity index (χ3n) is 3.91. The third kappa shape index (κ3) is 5.23. The maximum Gasteiger partial charge on any atom is 0.122 e. The van der Waals surface area contributed by atoms with E-state index < -0.39 is 12.2 Å². The average Bonchev–Trinajstić information content (AvgIpc) is 2.59. The van der Waals surface area contributed by atoms with Crippen LogP contribution in [-0.4, -0.2) is 40.6 Å². The van der Waals surface area contributed by atoms with Gasteiger partial charge in [-0.3, -0.25) is 0 Å². The normalized spacial score (nSPS) is 14.8. The molecule has 0 radical (unpaired) electrons. The first-order chi connectivity index (χ1) is 11.5. The summed E-state index contributed by atoms with van der Waals surface area (Å²) in [7, 11) is 0. The zero-order chi connectivity index (χ0) is 17.5. The summed E-state index contributed by atoms with van der Waals surface area (Å²) in [4.78, 5) is 0. The quantitative estimate of drug-likeness (QED) is 0.596. The minimum Gasteiger partial charge on any atom is -0.508 e. The minimum atomic E-state index is -0.727. The highest BCUT2D eigenvalue weighted by atomic mass is 16.5. The van der Waals surface area contributed by atoms with Crippen LogP contribution in [0.5, 0.6) is 11.5 Å². The van der Waals surface area contributed by atoms with Gasteiger partial charge >= 0.3 is 0 Å². The van der Waals surface area contributed by atoms with Crippen LogP contribution in [0.25, 0.3) is 0 Å². The van der Waals surface area contributed by atoms with Crippen molar-refractivity contribution in [2.45, 2.75) is 32.1 Å². The Hall–Kier alpha value is -2.08. The number of aliphatic hydroxyl groups excluding tert-OH is 2. The van der Waals surface area contributed by atoms with Crippen molar-refractivity contribution in [1.29, 1.82) is 0 Å². The summed E-state index contributed by atoms with van der Waals surface area (Å²) in [5.74, 6) is 0.920. The number of phenols is 1. The van der Waals surface area contributed by atoms with Crippen LogP contribution in [0.3, 0.4) is 0 Å². The molecule has 2 rings (SSSR count). The largest absolute Gasteiger partial charge is 0.508 e. The topological polar surface area (TPSA) is 82.0 Å². The van der Waals surface area contributed by atoms with E-state index in [1.165, 1.54) is 12.1 Å². The number of hydrogen-bond donors (Lipinski definition) is 4. The fraction of sp³-hybridized carbons (Fsp3) is 0.368. The summed E-state index contributed by atoms with van der Waals surface area (Å²) in [6.07, 6.45) is -1.41. The van der Waals surface area contributed by atoms with Crippen molar-refractivity contribution in [3.05, 3.63) is 59.7 Å². The van der Waals surface area contributed by atoms with Gasteiger partial charge < -0.3 is 25.4 Å². The summed E-state index contributed by atoms with van der Waals surface area (Å²) in [6.45, 7) is 4.28. The highest BCUT2D eigenvalue weighted by Crippen LogP contribution is 2.20. The van der Waals surface area contributed by atoms with Crippen LogP contribution in [0.4, 0.5) is 0 Å². The van der Waals surface area contributed by atoms with Gasteiger partial charge in [-0.05, 0) is 43.2 Å². The molecule has 0 amide bonds. The van der Waals surface area contributed by atoms with Crippen molar-refractivity contribution in [3.63, 3.8) is 0 Å². The van der Waals surface area contributed by atoms with Gasteiger partial charge in [-0.15, -0.1) is 0 Å². The van der Waals surface area contributed by atoms with Crippen molar-refractivity contribution >= 4 is 0 Å². The van der Waals surface area contributed by atoms with Crippen molar-refractivity contribution in [2.75, 3.05) is 13.2 Å². The van der Waals surface area contributed by atoms with Crippen molar-refractivity contribution in [1.82, 2.24) is 5.32 Å². The van der Waals surface area contributed by atoms with E-state index in [0.29, 0.717) is 12.1 Å². The molecule has 0 spiro atoms. The predicted molar refractivity (Wildman–Crippen MR) is 93.2 cm³/mol. The zero-order valence-electron chi connectivity index (χ0n) is 14.0. The van der Waals surface area contributed by atoms with Crippen molar-refractivity contribution < 1.29 is 20.1 Å². The molecule has 0 saturated heterocycles. The van der Waals surface area contributed by atoms with E-state index >= 15 is 0 Å². The summed E-state index contributed by atoms with van der Waals surface area (Å²) in [5, 5.41) is 32.7. The Kier molecular flexibility index (Phi) is 6.61. The Morgan fingerprint density at radius 3 is 2.38 bits per heavy atom. The first kappa shape index (κ1) is 18.3. The van der Waals surface area contributed by atoms with E-state index in [-0.39, 0.29) is 18.4 Å². The number of rotatable bonds is 8. The van der Waals surface area contributed by atoms with Gasteiger partial charge in [-0.2, -0.15) is 0 Å². The van der Waals surface area contributed by atoms with Gasteiger partial charge in [-0.1, -0.05) is 30.3 Å². The summed E-state index contributed by atoms with van der Waals surface area (Å²) >= 11 is 0. The SMILES string of the molecule is Cc1ccccc1OC[C@H](O)CN[C@H](C)[C@@H](O)c1ccc(O)cc1. The van der Waals surface area contributed by atoms with Crippen LogP contribution in [-0.2, 0) is 0 Å². The molecular formula is C19H25NO4. The van der Waals surface area contributed by atoms with Gasteiger partial charge in [0.05, 0.1) is 6.10 Å². The summed E-state index contributed by atoms with van der Waals surface area (Å²) < 4.78 is 5.61. The zero-order valence-corrected chi connectivity index (χ0v) is 14.0. The van der Waals surface area contributed by atoms with Gasteiger partial charge in [0.2, 0.25) is 0 Å². The van der Waals surface area contributed by atoms with E-state index in [0.717, 1.165) is 11.3 Å². The smallest absolute Gasteiger partial charge is 0.122 e. The lowest BCUT2D eigenvalue weighted by atomic mass is 10.0. The maximum atomic E-state index is 10.3. The van der Waals surface area contributed by atoms with E-state index in [2.05, 4.69) is 5.32 Å². The minimum absolute atomic E-state index is 0.162. The molecule has 2 aromatic carbocycles. The maximum absolute atomic E-state index is 10.3. The number of aliphatic hydroxyl groups is 2. The molecule has 24 heavy (non-hydrogen) atoms. The second-order valence-electron chi connectivity index (χ2n) is 5.96. The first-order valence-corrected chi connectivity index (χ1v) is 8.04. The lowest BCUT2D eigenvalue weighted by Crippen LogP contribution is -2.39. The van der Waals surface area contributed by atoms with Gasteiger partial charge in [-0.25, -0.2) is 0 Å². The molecule has 0 heterocycles. The standard InChI is InChI=1S/C19H25NO4/c1-13-5-3-4-6-18(13)24-12-17(22)11-20-14(2)19(23)15-7-9-16(21)10-8-15/h3-10,14,17,19-23H,11-12H2,1-2H3/t14-,17-,19-/m1/s1. The average molecular weight is 331 g/mol. The Labute approximate surface area is 142 Å². The van der Waals surface area contributed by atoms with Crippen LogP contribution in [0.15, 0.2) is 48.5 Å². The fourth-order valence-electron chi connectivity index (χ4n) is 2.36. The molecule has 0 unspecified atom stereocenters. The number of ether oxygens (including phenoxy) is 1. The Balaban J connectivity index is 1.77. The molecule has 0 bridgehead atoms. The van der Waals surface area contributed by atoms with Crippen LogP contribution in [0.2, 0.25) is 0 Å². The molecule has 5 heteroatoms. The molecule has 130 valence electrons. The fourth-order valence-corrected chi connectivity index (χ4v) is 2.36. The van der Waals surface area contributed by atoms with E-state index in [4.69, 9.17) is 4.74 Å². The Morgan fingerprint density at radius 1 is 1.04 bits per heavy atom. The van der Waals surface area contributed by atoms with Gasteiger partial charge in [0, 0.05) is 12.6 Å². The molecule has 3 atom stereocenters. The highest BCUT2D eigenvalue weighted by Gasteiger charge is 2.17. The number of benzene rings is 2. The van der Waals surface area contributed by atoms with Crippen LogP contribution >= 0.6 is 0 Å². The monoisotopic (exact) mass is 331 g/mol. The molecule has 4 N–H and O–H groups in total. The molecule has 0 aliphatic rings. The summed E-state index contributed by atoms with van der Waals surface area (Å²) in [6, 6.07) is 13.8. The molecule has 5 nitrogen and oxygen atoms in total. The number of phenolic OH excluding ortho intramolecular Hbond substituents is 1. The predicted octanol–water partition coefficient (Wildman–Crippen LogP) is 2.15. The number of nitrogens with one attached hydrogen (secondary N) is 1. The second kappa shape index (κ2) is 8.68. The van der Waals surface area contributed by atoms with Gasteiger partial charge in [0.15, 0.2) is 0 Å². The van der Waals surface area contributed by atoms with E-state index in [1.807, 2.05) is 38.1 Å².